The average molecular weight is 847 g/mol. The Balaban J connectivity index is 1.53. The van der Waals surface area contributed by atoms with E-state index in [-0.39, 0.29) is 39.7 Å². The van der Waals surface area contributed by atoms with Crippen molar-refractivity contribution in [3.8, 4) is 11.6 Å². The molecule has 0 bridgehead atoms. The van der Waals surface area contributed by atoms with Crippen LogP contribution in [0.15, 0.2) is 91.0 Å². The number of aromatic nitrogens is 2. The van der Waals surface area contributed by atoms with E-state index in [0.717, 1.165) is 24.3 Å². The van der Waals surface area contributed by atoms with E-state index >= 15 is 0 Å². The largest absolute Gasteiger partial charge is 0.493 e. The number of ether oxygens (including phenoxy) is 1. The van der Waals surface area contributed by atoms with E-state index in [2.05, 4.69) is 28.9 Å². The van der Waals surface area contributed by atoms with Gasteiger partial charge in [-0.3, -0.25) is 13.9 Å². The number of allylic oxidation sites excluding steroid dienone is 4. The fourth-order valence-electron chi connectivity index (χ4n) is 4.86. The first kappa shape index (κ1) is 41.6. The maximum atomic E-state index is 13.8. The van der Waals surface area contributed by atoms with Gasteiger partial charge in [0.25, 0.3) is 31.9 Å². The number of hydrogen-bond acceptors (Lipinski definition) is 20. The van der Waals surface area contributed by atoms with E-state index in [1.54, 1.807) is 6.92 Å². The molecule has 0 saturated carbocycles. The van der Waals surface area contributed by atoms with Crippen molar-refractivity contribution in [3.05, 3.63) is 77.5 Å². The van der Waals surface area contributed by atoms with Crippen LogP contribution < -0.4 is 5.01 Å². The zero-order chi connectivity index (χ0) is 40.1. The predicted octanol–water partition coefficient (Wildman–Crippen LogP) is 4.07. The average Bonchev–Trinajstić information content (AvgIpc) is 3.77. The van der Waals surface area contributed by atoms with Crippen molar-refractivity contribution in [2.45, 2.75) is 45.6 Å². The summed E-state index contributed by atoms with van der Waals surface area (Å²) in [5, 5.41) is 44.2. The summed E-state index contributed by atoms with van der Waals surface area (Å²) >= 11 is 0.861. The molecule has 2 aromatic carbocycles. The van der Waals surface area contributed by atoms with Gasteiger partial charge in [-0.1, -0.05) is 35.2 Å². The van der Waals surface area contributed by atoms with E-state index < -0.39 is 70.6 Å². The second kappa shape index (κ2) is 17.1. The molecule has 3 aromatic rings. The molecule has 0 aliphatic carbocycles. The molecule has 1 saturated heterocycles. The molecule has 1 aromatic heterocycles. The highest BCUT2D eigenvalue weighted by Gasteiger charge is 2.57. The summed E-state index contributed by atoms with van der Waals surface area (Å²) in [7, 11) is -9.85. The summed E-state index contributed by atoms with van der Waals surface area (Å²) in [6.07, 6.45) is 6.55. The van der Waals surface area contributed by atoms with E-state index in [1.165, 1.54) is 49.4 Å². The van der Waals surface area contributed by atoms with Crippen molar-refractivity contribution in [1.82, 2.24) is 9.78 Å². The van der Waals surface area contributed by atoms with Crippen molar-refractivity contribution >= 4 is 73.7 Å². The third-order valence-electron chi connectivity index (χ3n) is 7.30. The molecule has 22 nitrogen and oxygen atoms in total. The van der Waals surface area contributed by atoms with Crippen molar-refractivity contribution in [3.63, 3.8) is 0 Å². The Kier molecular flexibility index (Phi) is 12.9. The fourth-order valence-corrected chi connectivity index (χ4v) is 6.94. The Bertz CT molecular complexity index is 2340. The molecule has 0 radical (unpaired) electrons. The number of esters is 1. The molecule has 0 spiro atoms. The van der Waals surface area contributed by atoms with E-state index in [1.807, 2.05) is 0 Å². The van der Waals surface area contributed by atoms with Crippen LogP contribution in [-0.4, -0.2) is 81.3 Å². The van der Waals surface area contributed by atoms with Crippen LogP contribution in [0.3, 0.4) is 0 Å². The Hall–Kier alpha value is -4.52. The van der Waals surface area contributed by atoms with Gasteiger partial charge < -0.3 is 9.84 Å². The molecule has 0 unspecified atom stereocenters. The van der Waals surface area contributed by atoms with Gasteiger partial charge >= 0.3 is 5.97 Å². The minimum atomic E-state index is -4.93. The van der Waals surface area contributed by atoms with Crippen LogP contribution in [0.1, 0.15) is 36.3 Å². The van der Waals surface area contributed by atoms with Gasteiger partial charge in [-0.25, -0.2) is 15.3 Å². The molecule has 26 heteroatoms. The zero-order valence-corrected chi connectivity index (χ0v) is 31.0. The quantitative estimate of drug-likeness (QED) is 0.0187. The first-order chi connectivity index (χ1) is 26.1. The molecular weight excluding hydrogens is 821 g/mol. The second-order valence-corrected chi connectivity index (χ2v) is 14.9. The van der Waals surface area contributed by atoms with Crippen LogP contribution in [0.4, 0.5) is 5.69 Å². The van der Waals surface area contributed by atoms with Gasteiger partial charge in [-0.2, -0.15) is 46.5 Å². The first-order valence-electron chi connectivity index (χ1n) is 15.0. The topological polar surface area (TPSA) is 308 Å². The fraction of sp³-hybridized carbons (Fsp3) is 0.172. The molecule has 294 valence electrons. The van der Waals surface area contributed by atoms with Gasteiger partial charge in [0, 0.05) is 16.2 Å². The van der Waals surface area contributed by atoms with Gasteiger partial charge in [0.15, 0.2) is 5.69 Å². The second-order valence-electron chi connectivity index (χ2n) is 10.5. The number of carbonyl (C=O) groups is 2. The normalized spacial score (nSPS) is 16.5. The SMILES string of the molecule is CCOC(=O)c1nn(-c2cc(SOOO)ccc2S(=O)(=O)O)c(O)c1C=CC=C/C=C1\C(=O)N(c2cc(SOOO)ccc2S(=O)(=O)O)N=C1C1(CC)OO1. The number of rotatable bonds is 17. The maximum Gasteiger partial charge on any atom is 0.359 e. The smallest absolute Gasteiger partial charge is 0.359 e. The molecule has 1 fully saturated rings. The lowest BCUT2D eigenvalue weighted by Gasteiger charge is -2.15. The molecule has 2 aliphatic heterocycles. The zero-order valence-electron chi connectivity index (χ0n) is 27.7. The lowest BCUT2D eigenvalue weighted by Crippen LogP contribution is -2.26. The standard InChI is InChI=1S/C29H26N4O18S4/c1-3-29(46-47-29)25-19(27(35)33(31-25)21-15-17(53-51-49-38)11-13-23(21)55(42,43)44)9-7-5-6-8-18-24(28(36)45-4-2)30-32(26(18)34)20-14-16(52-50-48-37)10-12-22(20)54(39,40)41/h5-15,34,37-38H,3-4H2,1-2H3,(H,39,40,41)(H,42,43,44)/b7-5?,8-6?,19-9-. The van der Waals surface area contributed by atoms with Crippen LogP contribution in [0.25, 0.3) is 11.8 Å². The summed E-state index contributed by atoms with van der Waals surface area (Å²) in [6, 6.07) is 6.45. The highest BCUT2D eigenvalue weighted by Crippen LogP contribution is 2.42. The van der Waals surface area contributed by atoms with Gasteiger partial charge in [0.1, 0.15) is 15.5 Å². The molecular formula is C29H26N4O18S4. The Morgan fingerprint density at radius 3 is 2.02 bits per heavy atom. The highest BCUT2D eigenvalue weighted by atomic mass is 32.2. The van der Waals surface area contributed by atoms with Crippen molar-refractivity contribution in [2.75, 3.05) is 11.6 Å². The summed E-state index contributed by atoms with van der Waals surface area (Å²) in [4.78, 5) is 35.6. The lowest BCUT2D eigenvalue weighted by molar-refractivity contribution is -0.432. The van der Waals surface area contributed by atoms with Crippen LogP contribution >= 0.6 is 24.1 Å². The molecule has 5 N–H and O–H groups in total. The number of hydrazone groups is 1. The third-order valence-corrected chi connectivity index (χ3v) is 10.2. The summed E-state index contributed by atoms with van der Waals surface area (Å²) < 4.78 is 83.0. The van der Waals surface area contributed by atoms with Gasteiger partial charge in [-0.05, 0) is 55.5 Å². The van der Waals surface area contributed by atoms with E-state index in [4.69, 9.17) is 25.0 Å². The summed E-state index contributed by atoms with van der Waals surface area (Å²) in [5.41, 5.74) is -1.83. The number of aromatic hydroxyl groups is 1. The number of amides is 1. The predicted molar refractivity (Wildman–Crippen MR) is 185 cm³/mol. The van der Waals surface area contributed by atoms with Crippen LogP contribution in [0, 0.1) is 0 Å². The van der Waals surface area contributed by atoms with Crippen LogP contribution in [-0.2, 0) is 58.3 Å². The monoisotopic (exact) mass is 846 g/mol. The Labute approximate surface area is 318 Å². The van der Waals surface area contributed by atoms with Crippen LogP contribution in [0.5, 0.6) is 5.88 Å². The van der Waals surface area contributed by atoms with Gasteiger partial charge in [-0.15, -0.1) is 8.67 Å². The lowest BCUT2D eigenvalue weighted by atomic mass is 10.0. The van der Waals surface area contributed by atoms with Gasteiger partial charge in [0.2, 0.25) is 5.88 Å². The molecule has 2 aliphatic rings. The van der Waals surface area contributed by atoms with Crippen LogP contribution in [0.2, 0.25) is 0 Å². The number of benzene rings is 2. The summed E-state index contributed by atoms with van der Waals surface area (Å²) in [5.74, 6) is -4.18. The number of nitrogens with zero attached hydrogens (tertiary/aromatic N) is 4. The Morgan fingerprint density at radius 2 is 1.49 bits per heavy atom. The first-order valence-corrected chi connectivity index (χ1v) is 19.3. The van der Waals surface area contributed by atoms with E-state index in [9.17, 15) is 40.6 Å². The van der Waals surface area contributed by atoms with E-state index in [0.29, 0.717) is 33.8 Å². The molecule has 3 heterocycles. The Morgan fingerprint density at radius 1 is 0.909 bits per heavy atom. The van der Waals surface area contributed by atoms with Gasteiger partial charge in [0.05, 0.1) is 53.2 Å². The minimum Gasteiger partial charge on any atom is -0.493 e. The summed E-state index contributed by atoms with van der Waals surface area (Å²) in [6.45, 7) is 3.06. The van der Waals surface area contributed by atoms with Crippen molar-refractivity contribution < 1.29 is 84.4 Å². The van der Waals surface area contributed by atoms with Crippen molar-refractivity contribution in [1.29, 1.82) is 0 Å². The molecule has 55 heavy (non-hydrogen) atoms. The van der Waals surface area contributed by atoms with Crippen molar-refractivity contribution in [2.24, 2.45) is 5.10 Å². The molecule has 0 atom stereocenters. The molecule has 1 amide bonds. The minimum absolute atomic E-state index is 0.0718. The maximum absolute atomic E-state index is 13.8. The molecule has 5 rings (SSSR count). The third kappa shape index (κ3) is 9.14. The number of hydrogen-bond donors (Lipinski definition) is 5. The number of carbonyl (C=O) groups excluding carboxylic acids is 2. The number of anilines is 1. The highest BCUT2D eigenvalue weighted by molar-refractivity contribution is 7.94.